The number of carbonyl (C=O) groups is 1. The van der Waals surface area contributed by atoms with Gasteiger partial charge in [0.1, 0.15) is 5.69 Å². The second-order valence-corrected chi connectivity index (χ2v) is 6.85. The maximum Gasteiger partial charge on any atom is 0.305 e. The van der Waals surface area contributed by atoms with Gasteiger partial charge in [-0.3, -0.25) is 14.9 Å². The Kier molecular flexibility index (Phi) is 7.68. The number of carbonyl (C=O) groups excluding carboxylic acids is 1. The van der Waals surface area contributed by atoms with Gasteiger partial charge in [0.15, 0.2) is 0 Å². The summed E-state index contributed by atoms with van der Waals surface area (Å²) >= 11 is 0. The summed E-state index contributed by atoms with van der Waals surface area (Å²) in [6.07, 6.45) is 0.650. The fourth-order valence-electron chi connectivity index (χ4n) is 2.64. The Morgan fingerprint density at radius 2 is 1.79 bits per heavy atom. The van der Waals surface area contributed by atoms with Crippen LogP contribution in [0.4, 0.5) is 11.4 Å². The van der Waals surface area contributed by atoms with Crippen LogP contribution in [-0.2, 0) is 16.0 Å². The average Bonchev–Trinajstić information content (AvgIpc) is 2.50. The number of nitrogens with zero attached hydrogens (tertiary/aromatic N) is 2. The van der Waals surface area contributed by atoms with E-state index in [1.807, 2.05) is 6.07 Å². The molecule has 0 spiro atoms. The molecule has 0 saturated heterocycles. The number of anilines is 1. The molecule has 0 aliphatic heterocycles. The molecule has 0 aromatic heterocycles. The van der Waals surface area contributed by atoms with E-state index in [2.05, 4.69) is 37.3 Å². The maximum atomic E-state index is 11.5. The van der Waals surface area contributed by atoms with Gasteiger partial charge in [-0.1, -0.05) is 33.8 Å². The lowest BCUT2D eigenvalue weighted by Crippen LogP contribution is -2.31. The first-order valence-corrected chi connectivity index (χ1v) is 8.33. The van der Waals surface area contributed by atoms with Crippen molar-refractivity contribution in [1.29, 1.82) is 0 Å². The number of nitro groups is 1. The lowest BCUT2D eigenvalue weighted by molar-refractivity contribution is -0.384. The number of hydrogen-bond donors (Lipinski definition) is 0. The predicted molar refractivity (Wildman–Crippen MR) is 95.3 cm³/mol. The highest BCUT2D eigenvalue weighted by Crippen LogP contribution is 2.31. The molecule has 6 nitrogen and oxygen atoms in total. The first kappa shape index (κ1) is 19.9. The van der Waals surface area contributed by atoms with Gasteiger partial charge in [0.2, 0.25) is 0 Å². The summed E-state index contributed by atoms with van der Waals surface area (Å²) < 4.78 is 4.62. The number of nitro benzene ring substituents is 1. The van der Waals surface area contributed by atoms with Crippen molar-refractivity contribution in [3.63, 3.8) is 0 Å². The molecule has 0 unspecified atom stereocenters. The van der Waals surface area contributed by atoms with Crippen LogP contribution in [0.15, 0.2) is 18.2 Å². The normalized spacial score (nSPS) is 11.0. The van der Waals surface area contributed by atoms with E-state index < -0.39 is 0 Å². The molecule has 0 atom stereocenters. The highest BCUT2D eigenvalue weighted by atomic mass is 16.6. The lowest BCUT2D eigenvalue weighted by Gasteiger charge is -2.28. The van der Waals surface area contributed by atoms with E-state index in [0.29, 0.717) is 23.9 Å². The van der Waals surface area contributed by atoms with Crippen LogP contribution in [0, 0.1) is 22.0 Å². The van der Waals surface area contributed by atoms with Crippen molar-refractivity contribution in [3.05, 3.63) is 33.9 Å². The highest BCUT2D eigenvalue weighted by molar-refractivity contribution is 5.70. The summed E-state index contributed by atoms with van der Waals surface area (Å²) in [5, 5.41) is 11.5. The van der Waals surface area contributed by atoms with Crippen molar-refractivity contribution in [1.82, 2.24) is 0 Å². The number of ether oxygens (including phenoxy) is 1. The number of methoxy groups -OCH3 is 1. The van der Waals surface area contributed by atoms with Crippen LogP contribution in [0.2, 0.25) is 0 Å². The molecule has 24 heavy (non-hydrogen) atoms. The van der Waals surface area contributed by atoms with E-state index in [4.69, 9.17) is 0 Å². The van der Waals surface area contributed by atoms with E-state index >= 15 is 0 Å². The summed E-state index contributed by atoms with van der Waals surface area (Å²) in [4.78, 5) is 24.5. The molecule has 0 N–H and O–H groups in total. The Labute approximate surface area is 143 Å². The maximum absolute atomic E-state index is 11.5. The van der Waals surface area contributed by atoms with E-state index in [-0.39, 0.29) is 23.0 Å². The van der Waals surface area contributed by atoms with Crippen molar-refractivity contribution in [3.8, 4) is 0 Å². The Morgan fingerprint density at radius 3 is 2.25 bits per heavy atom. The molecule has 0 fully saturated rings. The molecule has 0 heterocycles. The molecule has 0 aliphatic rings. The van der Waals surface area contributed by atoms with Crippen LogP contribution in [0.1, 0.15) is 39.7 Å². The zero-order valence-electron chi connectivity index (χ0n) is 15.2. The van der Waals surface area contributed by atoms with Gasteiger partial charge in [-0.05, 0) is 29.9 Å². The molecule has 0 aliphatic carbocycles. The van der Waals surface area contributed by atoms with Crippen molar-refractivity contribution in [2.24, 2.45) is 11.8 Å². The molecule has 0 amide bonds. The summed E-state index contributed by atoms with van der Waals surface area (Å²) in [5.74, 6) is 0.493. The smallest absolute Gasteiger partial charge is 0.305 e. The Hall–Kier alpha value is -2.11. The van der Waals surface area contributed by atoms with Gasteiger partial charge < -0.3 is 9.64 Å². The fourth-order valence-corrected chi connectivity index (χ4v) is 2.64. The lowest BCUT2D eigenvalue weighted by atomic mass is 10.1. The van der Waals surface area contributed by atoms with E-state index in [9.17, 15) is 14.9 Å². The average molecular weight is 336 g/mol. The minimum absolute atomic E-state index is 0.0960. The molecule has 1 rings (SSSR count). The summed E-state index contributed by atoms with van der Waals surface area (Å²) in [6.45, 7) is 9.93. The molecule has 1 aromatic carbocycles. The van der Waals surface area contributed by atoms with Crippen molar-refractivity contribution in [2.45, 2.75) is 40.5 Å². The third-order valence-corrected chi connectivity index (χ3v) is 3.59. The van der Waals surface area contributed by atoms with Gasteiger partial charge >= 0.3 is 5.97 Å². The predicted octanol–water partition coefficient (Wildman–Crippen LogP) is 3.82. The fraction of sp³-hybridized carbons (Fsp3) is 0.611. The van der Waals surface area contributed by atoms with Crippen LogP contribution in [-0.4, -0.2) is 31.1 Å². The van der Waals surface area contributed by atoms with Gasteiger partial charge in [-0.2, -0.15) is 0 Å². The van der Waals surface area contributed by atoms with Gasteiger partial charge in [0.05, 0.1) is 12.0 Å². The Bertz CT molecular complexity index is 560. The molecule has 0 bridgehead atoms. The minimum Gasteiger partial charge on any atom is -0.469 e. The zero-order chi connectivity index (χ0) is 18.3. The monoisotopic (exact) mass is 336 g/mol. The molecular weight excluding hydrogens is 308 g/mol. The number of esters is 1. The number of benzene rings is 1. The summed E-state index contributed by atoms with van der Waals surface area (Å²) in [5.41, 5.74) is 1.51. The third kappa shape index (κ3) is 6.18. The second-order valence-electron chi connectivity index (χ2n) is 6.85. The first-order valence-electron chi connectivity index (χ1n) is 8.33. The molecule has 6 heteroatoms. The summed E-state index contributed by atoms with van der Waals surface area (Å²) in [6, 6.07) is 5.24. The van der Waals surface area contributed by atoms with Crippen LogP contribution in [0.5, 0.6) is 0 Å². The minimum atomic E-state index is -0.343. The molecule has 0 radical (unpaired) electrons. The third-order valence-electron chi connectivity index (χ3n) is 3.59. The van der Waals surface area contributed by atoms with E-state index in [1.54, 1.807) is 12.1 Å². The van der Waals surface area contributed by atoms with Crippen LogP contribution in [0.25, 0.3) is 0 Å². The van der Waals surface area contributed by atoms with Crippen LogP contribution >= 0.6 is 0 Å². The van der Waals surface area contributed by atoms with E-state index in [1.165, 1.54) is 7.11 Å². The van der Waals surface area contributed by atoms with Crippen molar-refractivity contribution < 1.29 is 14.5 Å². The van der Waals surface area contributed by atoms with Gasteiger partial charge in [0.25, 0.3) is 5.69 Å². The molecule has 134 valence electrons. The molecular formula is C18H28N2O4. The van der Waals surface area contributed by atoms with Crippen LogP contribution < -0.4 is 4.90 Å². The van der Waals surface area contributed by atoms with Gasteiger partial charge in [-0.15, -0.1) is 0 Å². The largest absolute Gasteiger partial charge is 0.469 e. The number of rotatable bonds is 9. The van der Waals surface area contributed by atoms with Crippen molar-refractivity contribution in [2.75, 3.05) is 25.1 Å². The quantitative estimate of drug-likeness (QED) is 0.389. The Balaban J connectivity index is 3.11. The van der Waals surface area contributed by atoms with Crippen LogP contribution in [0.3, 0.4) is 0 Å². The highest BCUT2D eigenvalue weighted by Gasteiger charge is 2.21. The topological polar surface area (TPSA) is 72.7 Å². The van der Waals surface area contributed by atoms with Gasteiger partial charge in [0, 0.05) is 25.6 Å². The molecule has 1 aromatic rings. The SMILES string of the molecule is COC(=O)CCc1ccc(N(CC(C)C)CC(C)C)c([N+](=O)[O-])c1. The standard InChI is InChI=1S/C18H28N2O4/c1-13(2)11-19(12-14(3)4)16-8-6-15(7-9-18(21)24-5)10-17(16)20(22)23/h6,8,10,13-14H,7,9,11-12H2,1-5H3. The second kappa shape index (κ2) is 9.25. The number of aryl methyl sites for hydroxylation is 1. The first-order chi connectivity index (χ1) is 11.2. The number of hydrogen-bond acceptors (Lipinski definition) is 5. The van der Waals surface area contributed by atoms with Crippen molar-refractivity contribution >= 4 is 17.3 Å². The molecule has 0 saturated carbocycles. The van der Waals surface area contributed by atoms with Gasteiger partial charge in [-0.25, -0.2) is 0 Å². The zero-order valence-corrected chi connectivity index (χ0v) is 15.2. The van der Waals surface area contributed by atoms with E-state index in [0.717, 1.165) is 18.7 Å². The summed E-state index contributed by atoms with van der Waals surface area (Å²) in [7, 11) is 1.34. The Morgan fingerprint density at radius 1 is 1.21 bits per heavy atom.